The van der Waals surface area contributed by atoms with Gasteiger partial charge in [-0.1, -0.05) is 19.3 Å². The maximum absolute atomic E-state index is 13.1. The van der Waals surface area contributed by atoms with Gasteiger partial charge in [-0.05, 0) is 62.6 Å². The fraction of sp³-hybridized carbons (Fsp3) is 0.450. The number of hydrogen-bond donors (Lipinski definition) is 2. The number of hydrogen-bond acceptors (Lipinski definition) is 1. The van der Waals surface area contributed by atoms with Gasteiger partial charge in [0.25, 0.3) is 0 Å². The summed E-state index contributed by atoms with van der Waals surface area (Å²) in [5, 5.41) is 6.03. The van der Waals surface area contributed by atoms with E-state index in [-0.39, 0.29) is 11.8 Å². The molecule has 25 heavy (non-hydrogen) atoms. The number of carbonyl (C=O) groups is 1. The predicted molar refractivity (Wildman–Crippen MR) is 97.4 cm³/mol. The second kappa shape index (κ2) is 7.72. The third-order valence-corrected chi connectivity index (χ3v) is 5.00. The first kappa shape index (κ1) is 17.5. The average Bonchev–Trinajstić information content (AvgIpc) is 2.89. The van der Waals surface area contributed by atoms with E-state index in [1.165, 1.54) is 31.4 Å². The van der Waals surface area contributed by atoms with E-state index in [1.807, 2.05) is 13.8 Å². The Labute approximate surface area is 148 Å². The first-order valence-corrected chi connectivity index (χ1v) is 9.02. The number of halogens is 1. The molecule has 3 rings (SSSR count). The Balaban J connectivity index is 1.64. The van der Waals surface area contributed by atoms with Crippen molar-refractivity contribution in [3.63, 3.8) is 0 Å². The highest BCUT2D eigenvalue weighted by Gasteiger charge is 2.16. The zero-order chi connectivity index (χ0) is 17.8. The minimum Gasteiger partial charge on any atom is -0.335 e. The summed E-state index contributed by atoms with van der Waals surface area (Å²) < 4.78 is 15.2. The zero-order valence-corrected chi connectivity index (χ0v) is 14.9. The van der Waals surface area contributed by atoms with Gasteiger partial charge in [0.15, 0.2) is 0 Å². The van der Waals surface area contributed by atoms with E-state index in [0.29, 0.717) is 12.6 Å². The predicted octanol–water partition coefficient (Wildman–Crippen LogP) is 4.37. The molecule has 0 radical (unpaired) electrons. The van der Waals surface area contributed by atoms with E-state index in [2.05, 4.69) is 21.3 Å². The summed E-state index contributed by atoms with van der Waals surface area (Å²) in [6.07, 6.45) is 5.82. The molecular formula is C20H26FN3O. The van der Waals surface area contributed by atoms with Gasteiger partial charge in [-0.2, -0.15) is 0 Å². The van der Waals surface area contributed by atoms with Crippen LogP contribution in [0.2, 0.25) is 0 Å². The number of nitrogens with one attached hydrogen (secondary N) is 2. The standard InChI is InChI=1S/C20H26FN3O/c1-14-12-16(13-22-20(25)23-18-6-4-3-5-7-18)15(2)24(14)19-10-8-17(21)9-11-19/h8-12,18H,3-7,13H2,1-2H3,(H2,22,23,25). The Morgan fingerprint density at radius 2 is 1.84 bits per heavy atom. The molecule has 0 bridgehead atoms. The SMILES string of the molecule is Cc1cc(CNC(=O)NC2CCCCC2)c(C)n1-c1ccc(F)cc1. The van der Waals surface area contributed by atoms with Crippen LogP contribution < -0.4 is 10.6 Å². The van der Waals surface area contributed by atoms with Gasteiger partial charge in [0.05, 0.1) is 0 Å². The van der Waals surface area contributed by atoms with Gasteiger partial charge in [-0.3, -0.25) is 0 Å². The van der Waals surface area contributed by atoms with Crippen LogP contribution >= 0.6 is 0 Å². The van der Waals surface area contributed by atoms with Crippen molar-refractivity contribution < 1.29 is 9.18 Å². The fourth-order valence-electron chi connectivity index (χ4n) is 3.65. The summed E-state index contributed by atoms with van der Waals surface area (Å²) >= 11 is 0. The molecule has 1 aliphatic rings. The number of rotatable bonds is 4. The monoisotopic (exact) mass is 343 g/mol. The van der Waals surface area contributed by atoms with Crippen LogP contribution in [0.15, 0.2) is 30.3 Å². The minimum absolute atomic E-state index is 0.0986. The Hall–Kier alpha value is -2.30. The number of carbonyl (C=O) groups excluding carboxylic acids is 1. The highest BCUT2D eigenvalue weighted by Crippen LogP contribution is 2.21. The maximum atomic E-state index is 13.1. The molecule has 134 valence electrons. The Kier molecular flexibility index (Phi) is 5.41. The summed E-state index contributed by atoms with van der Waals surface area (Å²) in [6, 6.07) is 8.73. The zero-order valence-electron chi connectivity index (χ0n) is 14.9. The molecule has 0 unspecified atom stereocenters. The molecule has 2 N–H and O–H groups in total. The molecule has 5 heteroatoms. The molecule has 0 saturated heterocycles. The lowest BCUT2D eigenvalue weighted by atomic mass is 9.96. The van der Waals surface area contributed by atoms with Crippen molar-refractivity contribution in [3.8, 4) is 5.69 Å². The summed E-state index contributed by atoms with van der Waals surface area (Å²) in [5.41, 5.74) is 4.12. The number of urea groups is 1. The number of aryl methyl sites for hydroxylation is 1. The highest BCUT2D eigenvalue weighted by atomic mass is 19.1. The topological polar surface area (TPSA) is 46.1 Å². The van der Waals surface area contributed by atoms with Crippen molar-refractivity contribution >= 4 is 6.03 Å². The number of amides is 2. The summed E-state index contributed by atoms with van der Waals surface area (Å²) in [6.45, 7) is 4.52. The molecule has 1 aromatic heterocycles. The van der Waals surface area contributed by atoms with E-state index >= 15 is 0 Å². The van der Waals surface area contributed by atoms with E-state index in [9.17, 15) is 9.18 Å². The molecule has 0 atom stereocenters. The van der Waals surface area contributed by atoms with Crippen molar-refractivity contribution in [2.75, 3.05) is 0 Å². The first-order valence-electron chi connectivity index (χ1n) is 9.02. The molecule has 1 fully saturated rings. The van der Waals surface area contributed by atoms with Gasteiger partial charge in [-0.25, -0.2) is 9.18 Å². The van der Waals surface area contributed by atoms with Gasteiger partial charge >= 0.3 is 6.03 Å². The lowest BCUT2D eigenvalue weighted by Gasteiger charge is -2.22. The third kappa shape index (κ3) is 4.21. The van der Waals surface area contributed by atoms with Crippen LogP contribution in [-0.4, -0.2) is 16.6 Å². The van der Waals surface area contributed by atoms with Crippen molar-refractivity contribution in [2.45, 2.75) is 58.5 Å². The lowest BCUT2D eigenvalue weighted by Crippen LogP contribution is -2.42. The van der Waals surface area contributed by atoms with E-state index in [1.54, 1.807) is 12.1 Å². The Morgan fingerprint density at radius 1 is 1.16 bits per heavy atom. The maximum Gasteiger partial charge on any atom is 0.315 e. The second-order valence-electron chi connectivity index (χ2n) is 6.87. The normalized spacial score (nSPS) is 15.2. The van der Waals surface area contributed by atoms with Gasteiger partial charge in [0, 0.05) is 29.7 Å². The fourth-order valence-corrected chi connectivity index (χ4v) is 3.65. The molecule has 2 amide bonds. The number of nitrogens with zero attached hydrogens (tertiary/aromatic N) is 1. The van der Waals surface area contributed by atoms with E-state index in [0.717, 1.165) is 35.5 Å². The van der Waals surface area contributed by atoms with E-state index < -0.39 is 0 Å². The molecule has 0 aliphatic heterocycles. The number of aromatic nitrogens is 1. The summed E-state index contributed by atoms with van der Waals surface area (Å²) in [7, 11) is 0. The molecule has 4 nitrogen and oxygen atoms in total. The largest absolute Gasteiger partial charge is 0.335 e. The van der Waals surface area contributed by atoms with Crippen LogP contribution in [0, 0.1) is 19.7 Å². The molecule has 0 spiro atoms. The lowest BCUT2D eigenvalue weighted by molar-refractivity contribution is 0.232. The van der Waals surface area contributed by atoms with Crippen molar-refractivity contribution in [2.24, 2.45) is 0 Å². The molecule has 1 saturated carbocycles. The van der Waals surface area contributed by atoms with E-state index in [4.69, 9.17) is 0 Å². The molecule has 1 heterocycles. The van der Waals surface area contributed by atoms with Crippen LogP contribution in [0.4, 0.5) is 9.18 Å². The summed E-state index contributed by atoms with van der Waals surface area (Å²) in [4.78, 5) is 12.1. The van der Waals surface area contributed by atoms with Gasteiger partial charge in [0.1, 0.15) is 5.82 Å². The third-order valence-electron chi connectivity index (χ3n) is 5.00. The summed E-state index contributed by atoms with van der Waals surface area (Å²) in [5.74, 6) is -0.243. The van der Waals surface area contributed by atoms with Gasteiger partial charge in [-0.15, -0.1) is 0 Å². The van der Waals surface area contributed by atoms with Crippen LogP contribution in [-0.2, 0) is 6.54 Å². The van der Waals surface area contributed by atoms with Crippen LogP contribution in [0.1, 0.15) is 49.1 Å². The Bertz CT molecular complexity index is 730. The van der Waals surface area contributed by atoms with Crippen molar-refractivity contribution in [1.82, 2.24) is 15.2 Å². The average molecular weight is 343 g/mol. The van der Waals surface area contributed by atoms with Gasteiger partial charge in [0.2, 0.25) is 0 Å². The molecule has 1 aromatic carbocycles. The van der Waals surface area contributed by atoms with Gasteiger partial charge < -0.3 is 15.2 Å². The first-order chi connectivity index (χ1) is 12.0. The molecular weight excluding hydrogens is 317 g/mol. The number of benzene rings is 1. The Morgan fingerprint density at radius 3 is 2.52 bits per heavy atom. The smallest absolute Gasteiger partial charge is 0.315 e. The highest BCUT2D eigenvalue weighted by molar-refractivity contribution is 5.74. The van der Waals surface area contributed by atoms with Crippen LogP contribution in [0.25, 0.3) is 5.69 Å². The van der Waals surface area contributed by atoms with Crippen LogP contribution in [0.3, 0.4) is 0 Å². The quantitative estimate of drug-likeness (QED) is 0.851. The molecule has 2 aromatic rings. The second-order valence-corrected chi connectivity index (χ2v) is 6.87. The van der Waals surface area contributed by atoms with Crippen LogP contribution in [0.5, 0.6) is 0 Å². The minimum atomic E-state index is -0.243. The van der Waals surface area contributed by atoms with Crippen molar-refractivity contribution in [1.29, 1.82) is 0 Å². The molecule has 1 aliphatic carbocycles. The van der Waals surface area contributed by atoms with Crippen molar-refractivity contribution in [3.05, 3.63) is 53.1 Å².